The van der Waals surface area contributed by atoms with Crippen LogP contribution >= 0.6 is 11.8 Å². The predicted octanol–water partition coefficient (Wildman–Crippen LogP) is 4.15. The van der Waals surface area contributed by atoms with Crippen LogP contribution in [0.25, 0.3) is 5.69 Å². The molecule has 6 heteroatoms. The zero-order valence-corrected chi connectivity index (χ0v) is 15.3. The van der Waals surface area contributed by atoms with Gasteiger partial charge in [0.15, 0.2) is 0 Å². The number of hydrogen-bond donors (Lipinski definition) is 1. The number of nitrogens with zero attached hydrogens (tertiary/aromatic N) is 2. The Balaban J connectivity index is 1.64. The van der Waals surface area contributed by atoms with Crippen molar-refractivity contribution in [3.63, 3.8) is 0 Å². The van der Waals surface area contributed by atoms with E-state index in [0.717, 1.165) is 60.1 Å². The molecule has 5 nitrogen and oxygen atoms in total. The third-order valence-electron chi connectivity index (χ3n) is 5.09. The third-order valence-corrected chi connectivity index (χ3v) is 6.06. The number of anilines is 1. The van der Waals surface area contributed by atoms with E-state index < -0.39 is 0 Å². The number of carbonyl (C=O) groups is 1. The highest BCUT2D eigenvalue weighted by Crippen LogP contribution is 2.37. The number of thioether (sulfide) groups is 1. The molecule has 0 spiro atoms. The predicted molar refractivity (Wildman–Crippen MR) is 100 cm³/mol. The summed E-state index contributed by atoms with van der Waals surface area (Å²) in [6.45, 7) is 0. The number of ether oxygens (including phenoxy) is 1. The van der Waals surface area contributed by atoms with Crippen molar-refractivity contribution in [2.45, 2.75) is 43.6 Å². The molecule has 1 amide bonds. The fourth-order valence-corrected chi connectivity index (χ4v) is 4.67. The minimum absolute atomic E-state index is 0.137. The minimum atomic E-state index is 0.137. The fourth-order valence-electron chi connectivity index (χ4n) is 3.64. The molecule has 2 heterocycles. The molecule has 1 N–H and O–H groups in total. The van der Waals surface area contributed by atoms with Gasteiger partial charge in [-0.2, -0.15) is 16.9 Å². The highest BCUT2D eigenvalue weighted by Gasteiger charge is 2.27. The Hall–Kier alpha value is -1.95. The molecule has 2 aromatic rings. The molecule has 1 aromatic carbocycles. The van der Waals surface area contributed by atoms with Gasteiger partial charge < -0.3 is 10.1 Å². The maximum atomic E-state index is 12.8. The van der Waals surface area contributed by atoms with Crippen LogP contribution in [-0.4, -0.2) is 22.8 Å². The summed E-state index contributed by atoms with van der Waals surface area (Å²) in [5.41, 5.74) is 3.20. The lowest BCUT2D eigenvalue weighted by molar-refractivity contribution is -0.120. The quantitative estimate of drug-likeness (QED) is 0.893. The van der Waals surface area contributed by atoms with E-state index in [1.54, 1.807) is 7.11 Å². The zero-order chi connectivity index (χ0) is 17.2. The minimum Gasteiger partial charge on any atom is -0.497 e. The molecule has 1 aliphatic carbocycles. The number of carbonyl (C=O) groups excluding carboxylic acids is 1. The van der Waals surface area contributed by atoms with Crippen LogP contribution in [0.1, 0.15) is 43.4 Å². The number of methoxy groups -OCH3 is 1. The molecule has 132 valence electrons. The Bertz CT molecular complexity index is 764. The van der Waals surface area contributed by atoms with E-state index in [1.807, 2.05) is 40.7 Å². The van der Waals surface area contributed by atoms with Crippen molar-refractivity contribution in [3.05, 3.63) is 35.5 Å². The SMILES string of the molecule is COc1ccc(-n2nc3c(c2NC(=O)C2CCCCC2)CSC3)cc1. The van der Waals surface area contributed by atoms with Crippen LogP contribution in [0, 0.1) is 5.92 Å². The highest BCUT2D eigenvalue weighted by atomic mass is 32.2. The molecular weight excluding hydrogens is 334 g/mol. The van der Waals surface area contributed by atoms with Crippen LogP contribution in [-0.2, 0) is 16.3 Å². The number of amides is 1. The lowest BCUT2D eigenvalue weighted by Gasteiger charge is -2.21. The van der Waals surface area contributed by atoms with Crippen molar-refractivity contribution >= 4 is 23.5 Å². The summed E-state index contributed by atoms with van der Waals surface area (Å²) in [5, 5.41) is 7.96. The number of aromatic nitrogens is 2. The van der Waals surface area contributed by atoms with Crippen LogP contribution in [0.2, 0.25) is 0 Å². The first-order chi connectivity index (χ1) is 12.3. The monoisotopic (exact) mass is 357 g/mol. The first kappa shape index (κ1) is 16.5. The summed E-state index contributed by atoms with van der Waals surface area (Å²) in [5.74, 6) is 3.76. The maximum Gasteiger partial charge on any atom is 0.228 e. The first-order valence-corrected chi connectivity index (χ1v) is 10.1. The second kappa shape index (κ2) is 7.12. The molecule has 25 heavy (non-hydrogen) atoms. The van der Waals surface area contributed by atoms with Crippen molar-refractivity contribution in [1.29, 1.82) is 0 Å². The van der Waals surface area contributed by atoms with E-state index in [-0.39, 0.29) is 11.8 Å². The van der Waals surface area contributed by atoms with Gasteiger partial charge >= 0.3 is 0 Å². The normalized spacial score (nSPS) is 17.3. The van der Waals surface area contributed by atoms with Crippen molar-refractivity contribution in [2.24, 2.45) is 5.92 Å². The number of fused-ring (bicyclic) bond motifs is 1. The van der Waals surface area contributed by atoms with Gasteiger partial charge in [0.2, 0.25) is 5.91 Å². The van der Waals surface area contributed by atoms with Crippen LogP contribution in [0.5, 0.6) is 5.75 Å². The Morgan fingerprint density at radius 1 is 1.20 bits per heavy atom. The summed E-state index contributed by atoms with van der Waals surface area (Å²) in [7, 11) is 1.66. The smallest absolute Gasteiger partial charge is 0.228 e. The third kappa shape index (κ3) is 3.27. The Morgan fingerprint density at radius 2 is 1.96 bits per heavy atom. The molecule has 1 aliphatic heterocycles. The molecule has 0 bridgehead atoms. The van der Waals surface area contributed by atoms with Gasteiger partial charge in [-0.25, -0.2) is 4.68 Å². The van der Waals surface area contributed by atoms with Gasteiger partial charge in [-0.1, -0.05) is 19.3 Å². The first-order valence-electron chi connectivity index (χ1n) is 8.90. The topological polar surface area (TPSA) is 56.1 Å². The van der Waals surface area contributed by atoms with E-state index in [0.29, 0.717) is 0 Å². The average molecular weight is 357 g/mol. The van der Waals surface area contributed by atoms with E-state index in [2.05, 4.69) is 5.32 Å². The van der Waals surface area contributed by atoms with E-state index in [4.69, 9.17) is 9.84 Å². The average Bonchev–Trinajstić information content (AvgIpc) is 3.25. The summed E-state index contributed by atoms with van der Waals surface area (Å²) < 4.78 is 7.12. The van der Waals surface area contributed by atoms with Gasteiger partial charge in [0.05, 0.1) is 18.5 Å². The largest absolute Gasteiger partial charge is 0.497 e. The molecule has 1 fully saturated rings. The Morgan fingerprint density at radius 3 is 2.68 bits per heavy atom. The van der Waals surface area contributed by atoms with Crippen molar-refractivity contribution in [2.75, 3.05) is 12.4 Å². The van der Waals surface area contributed by atoms with Crippen LogP contribution in [0.4, 0.5) is 5.82 Å². The molecule has 1 aromatic heterocycles. The zero-order valence-electron chi connectivity index (χ0n) is 14.5. The molecule has 1 saturated carbocycles. The summed E-state index contributed by atoms with van der Waals surface area (Å²) >= 11 is 1.85. The molecule has 0 saturated heterocycles. The number of benzene rings is 1. The molecule has 2 aliphatic rings. The molecule has 0 unspecified atom stereocenters. The van der Waals surface area contributed by atoms with Gasteiger partial charge in [0, 0.05) is 23.0 Å². The van der Waals surface area contributed by atoms with Gasteiger partial charge in [-0.05, 0) is 37.1 Å². The van der Waals surface area contributed by atoms with Gasteiger partial charge in [-0.15, -0.1) is 0 Å². The molecule has 0 radical (unpaired) electrons. The van der Waals surface area contributed by atoms with Crippen LogP contribution in [0.3, 0.4) is 0 Å². The summed E-state index contributed by atoms with van der Waals surface area (Å²) in [6.07, 6.45) is 5.56. The summed E-state index contributed by atoms with van der Waals surface area (Å²) in [6, 6.07) is 7.79. The lowest BCUT2D eigenvalue weighted by atomic mass is 9.88. The number of nitrogens with one attached hydrogen (secondary N) is 1. The van der Waals surface area contributed by atoms with Crippen LogP contribution < -0.4 is 10.1 Å². The van der Waals surface area contributed by atoms with Crippen LogP contribution in [0.15, 0.2) is 24.3 Å². The fraction of sp³-hybridized carbons (Fsp3) is 0.474. The van der Waals surface area contributed by atoms with Gasteiger partial charge in [-0.3, -0.25) is 4.79 Å². The summed E-state index contributed by atoms with van der Waals surface area (Å²) in [4.78, 5) is 12.8. The Kier molecular flexibility index (Phi) is 4.70. The second-order valence-electron chi connectivity index (χ2n) is 6.70. The van der Waals surface area contributed by atoms with E-state index >= 15 is 0 Å². The second-order valence-corrected chi connectivity index (χ2v) is 7.69. The molecular formula is C19H23N3O2S. The van der Waals surface area contributed by atoms with E-state index in [9.17, 15) is 4.79 Å². The lowest BCUT2D eigenvalue weighted by Crippen LogP contribution is -2.26. The highest BCUT2D eigenvalue weighted by molar-refractivity contribution is 7.98. The maximum absolute atomic E-state index is 12.8. The molecule has 0 atom stereocenters. The van der Waals surface area contributed by atoms with Crippen molar-refractivity contribution < 1.29 is 9.53 Å². The van der Waals surface area contributed by atoms with Crippen molar-refractivity contribution in [3.8, 4) is 11.4 Å². The Labute approximate surface area is 152 Å². The standard InChI is InChI=1S/C19H23N3O2S/c1-24-15-9-7-14(8-10-15)22-18(16-11-25-12-17(16)21-22)20-19(23)13-5-3-2-4-6-13/h7-10,13H,2-6,11-12H2,1H3,(H,20,23). The number of hydrogen-bond acceptors (Lipinski definition) is 4. The number of rotatable bonds is 4. The molecule has 4 rings (SSSR count). The van der Waals surface area contributed by atoms with Crippen molar-refractivity contribution in [1.82, 2.24) is 9.78 Å². The van der Waals surface area contributed by atoms with Gasteiger partial charge in [0.25, 0.3) is 0 Å². The van der Waals surface area contributed by atoms with E-state index in [1.165, 1.54) is 12.0 Å². The van der Waals surface area contributed by atoms with Gasteiger partial charge in [0.1, 0.15) is 11.6 Å².